The Morgan fingerprint density at radius 1 is 1.35 bits per heavy atom. The Morgan fingerprint density at radius 2 is 2.09 bits per heavy atom. The van der Waals surface area contributed by atoms with Crippen molar-refractivity contribution < 1.29 is 14.1 Å². The third-order valence-corrected chi connectivity index (χ3v) is 3.91. The van der Waals surface area contributed by atoms with Crippen LogP contribution in [0.15, 0.2) is 28.8 Å². The molecule has 2 heterocycles. The van der Waals surface area contributed by atoms with E-state index in [2.05, 4.69) is 10.1 Å². The van der Waals surface area contributed by atoms with Crippen LogP contribution in [0.5, 0.6) is 5.75 Å². The van der Waals surface area contributed by atoms with Crippen LogP contribution in [-0.2, 0) is 4.79 Å². The lowest BCUT2D eigenvalue weighted by Gasteiger charge is -2.16. The quantitative estimate of drug-likeness (QED) is 0.848. The molecule has 23 heavy (non-hydrogen) atoms. The Bertz CT molecular complexity index is 679. The number of nitrogens with zero attached hydrogens (tertiary/aromatic N) is 3. The molecular weight excluding hydrogens is 294 g/mol. The molecule has 6 nitrogen and oxygen atoms in total. The van der Waals surface area contributed by atoms with Crippen molar-refractivity contribution in [2.24, 2.45) is 0 Å². The molecule has 2 aromatic rings. The molecule has 1 unspecified atom stereocenters. The maximum Gasteiger partial charge on any atom is 0.232 e. The second kappa shape index (κ2) is 6.40. The molecule has 1 aliphatic rings. The first-order valence-corrected chi connectivity index (χ1v) is 7.95. The number of hydrogen-bond donors (Lipinski definition) is 0. The second-order valence-corrected chi connectivity index (χ2v) is 5.98. The van der Waals surface area contributed by atoms with Gasteiger partial charge in [0.2, 0.25) is 11.8 Å². The van der Waals surface area contributed by atoms with Gasteiger partial charge >= 0.3 is 0 Å². The van der Waals surface area contributed by atoms with E-state index in [0.29, 0.717) is 31.3 Å². The summed E-state index contributed by atoms with van der Waals surface area (Å²) in [5.41, 5.74) is 0.865. The molecule has 0 saturated carbocycles. The lowest BCUT2D eigenvalue weighted by Crippen LogP contribution is -2.24. The molecule has 1 aliphatic heterocycles. The molecule has 1 aromatic heterocycles. The minimum Gasteiger partial charge on any atom is -0.494 e. The molecule has 0 spiro atoms. The normalized spacial score (nSPS) is 18.0. The van der Waals surface area contributed by atoms with Gasteiger partial charge in [0, 0.05) is 24.6 Å². The first kappa shape index (κ1) is 15.5. The van der Waals surface area contributed by atoms with Gasteiger partial charge in [0.15, 0.2) is 5.82 Å². The zero-order valence-electron chi connectivity index (χ0n) is 13.7. The highest BCUT2D eigenvalue weighted by molar-refractivity contribution is 5.96. The van der Waals surface area contributed by atoms with E-state index in [4.69, 9.17) is 9.26 Å². The number of amides is 1. The zero-order chi connectivity index (χ0) is 16.4. The molecule has 3 rings (SSSR count). The van der Waals surface area contributed by atoms with E-state index >= 15 is 0 Å². The summed E-state index contributed by atoms with van der Waals surface area (Å²) in [7, 11) is 0. The number of rotatable bonds is 5. The summed E-state index contributed by atoms with van der Waals surface area (Å²) < 4.78 is 10.8. The summed E-state index contributed by atoms with van der Waals surface area (Å²) in [5, 5.41) is 3.98. The lowest BCUT2D eigenvalue weighted by molar-refractivity contribution is -0.117. The van der Waals surface area contributed by atoms with Crippen molar-refractivity contribution in [3.05, 3.63) is 36.0 Å². The first-order chi connectivity index (χ1) is 11.1. The van der Waals surface area contributed by atoms with Gasteiger partial charge in [-0.25, -0.2) is 0 Å². The molecule has 1 amide bonds. The minimum atomic E-state index is -0.0472. The summed E-state index contributed by atoms with van der Waals surface area (Å²) in [6.45, 7) is 7.16. The highest BCUT2D eigenvalue weighted by Crippen LogP contribution is 2.32. The van der Waals surface area contributed by atoms with Crippen LogP contribution in [0.25, 0.3) is 0 Å². The number of carbonyl (C=O) groups excluding carboxylic acids is 1. The molecule has 0 N–H and O–H groups in total. The van der Waals surface area contributed by atoms with Gasteiger partial charge in [-0.15, -0.1) is 0 Å². The monoisotopic (exact) mass is 315 g/mol. The zero-order valence-corrected chi connectivity index (χ0v) is 13.7. The standard InChI is InChI=1S/C17H21N3O3/c1-4-22-14-7-5-13(6-8-14)20-10-12(9-15(20)21)17-18-16(11(2)3)19-23-17/h5-8,11-12H,4,9-10H2,1-3H3. The van der Waals surface area contributed by atoms with E-state index in [9.17, 15) is 4.79 Å². The fourth-order valence-corrected chi connectivity index (χ4v) is 2.66. The maximum atomic E-state index is 12.3. The number of ether oxygens (including phenoxy) is 1. The van der Waals surface area contributed by atoms with E-state index in [1.807, 2.05) is 45.0 Å². The number of hydrogen-bond acceptors (Lipinski definition) is 5. The average Bonchev–Trinajstić information content (AvgIpc) is 3.15. The van der Waals surface area contributed by atoms with E-state index in [1.54, 1.807) is 4.90 Å². The third-order valence-electron chi connectivity index (χ3n) is 3.91. The number of carbonyl (C=O) groups is 1. The van der Waals surface area contributed by atoms with Gasteiger partial charge in [0.25, 0.3) is 0 Å². The summed E-state index contributed by atoms with van der Waals surface area (Å²) in [6.07, 6.45) is 0.396. The minimum absolute atomic E-state index is 0.0472. The van der Waals surface area contributed by atoms with E-state index < -0.39 is 0 Å². The lowest BCUT2D eigenvalue weighted by atomic mass is 10.1. The molecule has 0 radical (unpaired) electrons. The van der Waals surface area contributed by atoms with E-state index in [-0.39, 0.29) is 17.7 Å². The molecule has 1 fully saturated rings. The Kier molecular flexibility index (Phi) is 4.32. The molecule has 122 valence electrons. The van der Waals surface area contributed by atoms with Crippen molar-refractivity contribution in [2.45, 2.75) is 39.0 Å². The highest BCUT2D eigenvalue weighted by atomic mass is 16.5. The summed E-state index contributed by atoms with van der Waals surface area (Å²) in [6, 6.07) is 7.56. The predicted molar refractivity (Wildman–Crippen MR) is 85.7 cm³/mol. The van der Waals surface area contributed by atoms with Crippen LogP contribution in [0.2, 0.25) is 0 Å². The van der Waals surface area contributed by atoms with Crippen molar-refractivity contribution in [3.63, 3.8) is 0 Å². The van der Waals surface area contributed by atoms with Gasteiger partial charge in [-0.3, -0.25) is 4.79 Å². The predicted octanol–water partition coefficient (Wildman–Crippen LogP) is 3.11. The molecule has 1 aromatic carbocycles. The molecule has 0 bridgehead atoms. The van der Waals surface area contributed by atoms with Crippen LogP contribution in [0.4, 0.5) is 5.69 Å². The molecule has 0 aliphatic carbocycles. The average molecular weight is 315 g/mol. The Balaban J connectivity index is 1.73. The van der Waals surface area contributed by atoms with Gasteiger partial charge < -0.3 is 14.2 Å². The Morgan fingerprint density at radius 3 is 2.70 bits per heavy atom. The Labute approximate surface area is 135 Å². The topological polar surface area (TPSA) is 68.5 Å². The SMILES string of the molecule is CCOc1ccc(N2CC(c3nc(C(C)C)no3)CC2=O)cc1. The van der Waals surface area contributed by atoms with Crippen LogP contribution in [-0.4, -0.2) is 29.2 Å². The van der Waals surface area contributed by atoms with Crippen molar-refractivity contribution >= 4 is 11.6 Å². The van der Waals surface area contributed by atoms with Gasteiger partial charge in [-0.05, 0) is 31.2 Å². The third kappa shape index (κ3) is 3.21. The van der Waals surface area contributed by atoms with Crippen LogP contribution < -0.4 is 9.64 Å². The molecular formula is C17H21N3O3. The van der Waals surface area contributed by atoms with Crippen LogP contribution >= 0.6 is 0 Å². The summed E-state index contributed by atoms with van der Waals surface area (Å²) >= 11 is 0. The van der Waals surface area contributed by atoms with Crippen LogP contribution in [0.1, 0.15) is 50.7 Å². The van der Waals surface area contributed by atoms with Crippen LogP contribution in [0.3, 0.4) is 0 Å². The summed E-state index contributed by atoms with van der Waals surface area (Å²) in [4.78, 5) is 18.5. The number of benzene rings is 1. The molecule has 6 heteroatoms. The number of anilines is 1. The fraction of sp³-hybridized carbons (Fsp3) is 0.471. The Hall–Kier alpha value is -2.37. The second-order valence-electron chi connectivity index (χ2n) is 5.98. The van der Waals surface area contributed by atoms with Crippen molar-refractivity contribution in [1.29, 1.82) is 0 Å². The van der Waals surface area contributed by atoms with Gasteiger partial charge in [-0.1, -0.05) is 19.0 Å². The van der Waals surface area contributed by atoms with Gasteiger partial charge in [0.1, 0.15) is 5.75 Å². The first-order valence-electron chi connectivity index (χ1n) is 7.95. The smallest absolute Gasteiger partial charge is 0.232 e. The molecule has 1 saturated heterocycles. The van der Waals surface area contributed by atoms with Crippen molar-refractivity contribution in [2.75, 3.05) is 18.1 Å². The van der Waals surface area contributed by atoms with Gasteiger partial charge in [-0.2, -0.15) is 4.98 Å². The van der Waals surface area contributed by atoms with Crippen molar-refractivity contribution in [1.82, 2.24) is 10.1 Å². The van der Waals surface area contributed by atoms with E-state index in [0.717, 1.165) is 11.4 Å². The number of aromatic nitrogens is 2. The maximum absolute atomic E-state index is 12.3. The van der Waals surface area contributed by atoms with Crippen molar-refractivity contribution in [3.8, 4) is 5.75 Å². The van der Waals surface area contributed by atoms with E-state index in [1.165, 1.54) is 0 Å². The molecule has 1 atom stereocenters. The highest BCUT2D eigenvalue weighted by Gasteiger charge is 2.35. The summed E-state index contributed by atoms with van der Waals surface area (Å²) in [5.74, 6) is 2.28. The van der Waals surface area contributed by atoms with Crippen LogP contribution in [0, 0.1) is 0 Å². The fourth-order valence-electron chi connectivity index (χ4n) is 2.66. The largest absolute Gasteiger partial charge is 0.494 e. The van der Waals surface area contributed by atoms with Gasteiger partial charge in [0.05, 0.1) is 12.5 Å².